The van der Waals surface area contributed by atoms with Gasteiger partial charge in [0.2, 0.25) is 5.91 Å². The molecule has 0 spiro atoms. The number of hydrogen-bond donors (Lipinski definition) is 2. The number of carbonyl (C=O) groups is 2. The summed E-state index contributed by atoms with van der Waals surface area (Å²) in [4.78, 5) is 29.5. The first-order chi connectivity index (χ1) is 13.5. The maximum atomic E-state index is 13.8. The van der Waals surface area contributed by atoms with Crippen molar-refractivity contribution in [2.45, 2.75) is 20.4 Å². The molecule has 2 N–H and O–H groups in total. The van der Waals surface area contributed by atoms with Gasteiger partial charge >= 0.3 is 0 Å². The molecule has 2 amide bonds. The van der Waals surface area contributed by atoms with Crippen molar-refractivity contribution in [2.24, 2.45) is 5.92 Å². The summed E-state index contributed by atoms with van der Waals surface area (Å²) in [7, 11) is 0. The Balaban J connectivity index is 1.89. The molecule has 3 aromatic rings. The van der Waals surface area contributed by atoms with Crippen LogP contribution in [0.15, 0.2) is 48.7 Å². The lowest BCUT2D eigenvalue weighted by atomic mass is 10.1. The highest BCUT2D eigenvalue weighted by molar-refractivity contribution is 7.09. The molecule has 8 heteroatoms. The summed E-state index contributed by atoms with van der Waals surface area (Å²) >= 11 is 0.962. The van der Waals surface area contributed by atoms with Crippen LogP contribution in [-0.2, 0) is 11.3 Å². The average Bonchev–Trinajstić information content (AvgIpc) is 3.11. The van der Waals surface area contributed by atoms with E-state index in [-0.39, 0.29) is 23.2 Å². The summed E-state index contributed by atoms with van der Waals surface area (Å²) in [6.45, 7) is 3.54. The second kappa shape index (κ2) is 8.71. The van der Waals surface area contributed by atoms with Crippen molar-refractivity contribution in [1.29, 1.82) is 0 Å². The maximum absolute atomic E-state index is 13.8. The summed E-state index contributed by atoms with van der Waals surface area (Å²) in [5, 5.41) is 5.47. The number of rotatable bonds is 6. The van der Waals surface area contributed by atoms with Gasteiger partial charge in [0.15, 0.2) is 0 Å². The van der Waals surface area contributed by atoms with Gasteiger partial charge in [-0.15, -0.1) is 0 Å². The summed E-state index contributed by atoms with van der Waals surface area (Å²) in [5.74, 6) is -1.34. The number of anilines is 1. The number of benzene rings is 1. The van der Waals surface area contributed by atoms with Crippen LogP contribution in [0.25, 0.3) is 11.4 Å². The summed E-state index contributed by atoms with van der Waals surface area (Å²) in [6, 6.07) is 11.5. The second-order valence-electron chi connectivity index (χ2n) is 6.37. The first kappa shape index (κ1) is 19.6. The van der Waals surface area contributed by atoms with E-state index in [1.807, 2.05) is 0 Å². The molecule has 28 heavy (non-hydrogen) atoms. The number of nitrogens with one attached hydrogen (secondary N) is 2. The van der Waals surface area contributed by atoms with Crippen molar-refractivity contribution in [3.8, 4) is 11.4 Å². The van der Waals surface area contributed by atoms with Crippen LogP contribution in [0.4, 0.5) is 10.1 Å². The van der Waals surface area contributed by atoms with E-state index in [1.165, 1.54) is 6.07 Å². The molecule has 1 aromatic carbocycles. The molecule has 0 aliphatic rings. The molecule has 144 valence electrons. The van der Waals surface area contributed by atoms with Gasteiger partial charge in [-0.05, 0) is 29.7 Å². The van der Waals surface area contributed by atoms with Crippen LogP contribution in [0.5, 0.6) is 0 Å². The van der Waals surface area contributed by atoms with Gasteiger partial charge in [-0.2, -0.15) is 4.37 Å². The third-order valence-corrected chi connectivity index (χ3v) is 4.82. The lowest BCUT2D eigenvalue weighted by molar-refractivity contribution is -0.118. The van der Waals surface area contributed by atoms with E-state index in [1.54, 1.807) is 56.4 Å². The Labute approximate surface area is 166 Å². The molecule has 0 aliphatic carbocycles. The van der Waals surface area contributed by atoms with Crippen molar-refractivity contribution < 1.29 is 14.0 Å². The van der Waals surface area contributed by atoms with Crippen LogP contribution in [0.1, 0.15) is 29.1 Å². The van der Waals surface area contributed by atoms with Gasteiger partial charge in [0.05, 0.1) is 11.4 Å². The molecule has 0 atom stereocenters. The molecule has 2 heterocycles. The number of hydrogen-bond acceptors (Lipinski definition) is 5. The topological polar surface area (TPSA) is 84.0 Å². The van der Waals surface area contributed by atoms with Crippen LogP contribution < -0.4 is 10.6 Å². The van der Waals surface area contributed by atoms with Gasteiger partial charge < -0.3 is 10.6 Å². The molecule has 0 saturated heterocycles. The Morgan fingerprint density at radius 3 is 2.57 bits per heavy atom. The zero-order chi connectivity index (χ0) is 20.1. The van der Waals surface area contributed by atoms with E-state index in [2.05, 4.69) is 20.0 Å². The van der Waals surface area contributed by atoms with Crippen LogP contribution in [0.3, 0.4) is 0 Å². The van der Waals surface area contributed by atoms with Crippen LogP contribution in [0, 0.1) is 11.7 Å². The van der Waals surface area contributed by atoms with E-state index in [9.17, 15) is 14.0 Å². The largest absolute Gasteiger partial charge is 0.347 e. The lowest BCUT2D eigenvalue weighted by Crippen LogP contribution is -2.25. The fourth-order valence-corrected chi connectivity index (χ4v) is 3.17. The first-order valence-electron chi connectivity index (χ1n) is 8.71. The Morgan fingerprint density at radius 1 is 1.14 bits per heavy atom. The minimum Gasteiger partial charge on any atom is -0.347 e. The third-order valence-electron chi connectivity index (χ3n) is 3.98. The molecule has 3 rings (SSSR count). The monoisotopic (exact) mass is 398 g/mol. The molecule has 2 aromatic heterocycles. The summed E-state index contributed by atoms with van der Waals surface area (Å²) < 4.78 is 18.1. The number of aromatic nitrogens is 2. The molecule has 0 aliphatic heterocycles. The molecule has 0 bridgehead atoms. The van der Waals surface area contributed by atoms with Gasteiger partial charge in [0.1, 0.15) is 16.4 Å². The number of carbonyl (C=O) groups excluding carboxylic acids is 2. The van der Waals surface area contributed by atoms with Crippen molar-refractivity contribution in [2.75, 3.05) is 5.32 Å². The number of halogens is 1. The Kier molecular flexibility index (Phi) is 6.10. The molecule has 0 radical (unpaired) electrons. The molecule has 6 nitrogen and oxygen atoms in total. The van der Waals surface area contributed by atoms with Gasteiger partial charge in [0.25, 0.3) is 5.91 Å². The zero-order valence-corrected chi connectivity index (χ0v) is 16.2. The van der Waals surface area contributed by atoms with E-state index in [4.69, 9.17) is 0 Å². The molecule has 0 saturated carbocycles. The summed E-state index contributed by atoms with van der Waals surface area (Å²) in [5.41, 5.74) is 1.66. The van der Waals surface area contributed by atoms with Gasteiger partial charge in [-0.1, -0.05) is 38.1 Å². The first-order valence-corrected chi connectivity index (χ1v) is 9.48. The highest BCUT2D eigenvalue weighted by Gasteiger charge is 2.24. The standard InChI is InChI=1S/C20H19FN4O2S/c1-12(2)19(26)24-17-16(15-9-5-6-10-22-15)25-28-18(17)20(27)23-11-13-7-3-4-8-14(13)21/h3-10,12H,11H2,1-2H3,(H,23,27)(H,24,26). The predicted octanol–water partition coefficient (Wildman–Crippen LogP) is 3.87. The normalized spacial score (nSPS) is 10.7. The van der Waals surface area contributed by atoms with Gasteiger partial charge in [-0.25, -0.2) is 4.39 Å². The zero-order valence-electron chi connectivity index (χ0n) is 15.4. The SMILES string of the molecule is CC(C)C(=O)Nc1c(-c2ccccn2)nsc1C(=O)NCc1ccccc1F. The van der Waals surface area contributed by atoms with Crippen LogP contribution in [-0.4, -0.2) is 21.2 Å². The number of pyridine rings is 1. The van der Waals surface area contributed by atoms with E-state index in [0.717, 1.165) is 11.5 Å². The van der Waals surface area contributed by atoms with Crippen LogP contribution in [0.2, 0.25) is 0 Å². The molecular formula is C20H19FN4O2S. The lowest BCUT2D eigenvalue weighted by Gasteiger charge is -2.11. The molecule has 0 fully saturated rings. The molecular weight excluding hydrogens is 379 g/mol. The fraction of sp³-hybridized carbons (Fsp3) is 0.200. The third kappa shape index (κ3) is 4.40. The van der Waals surface area contributed by atoms with E-state index < -0.39 is 11.7 Å². The van der Waals surface area contributed by atoms with E-state index in [0.29, 0.717) is 22.6 Å². The van der Waals surface area contributed by atoms with Crippen molar-refractivity contribution in [3.63, 3.8) is 0 Å². The van der Waals surface area contributed by atoms with Crippen molar-refractivity contribution >= 4 is 29.0 Å². The van der Waals surface area contributed by atoms with Crippen LogP contribution >= 0.6 is 11.5 Å². The predicted molar refractivity (Wildman–Crippen MR) is 106 cm³/mol. The Morgan fingerprint density at radius 2 is 1.89 bits per heavy atom. The average molecular weight is 398 g/mol. The number of nitrogens with zero attached hydrogens (tertiary/aromatic N) is 2. The Hall–Kier alpha value is -3.13. The van der Waals surface area contributed by atoms with Gasteiger partial charge in [0, 0.05) is 24.2 Å². The smallest absolute Gasteiger partial charge is 0.265 e. The van der Waals surface area contributed by atoms with E-state index >= 15 is 0 Å². The fourth-order valence-electron chi connectivity index (χ4n) is 2.40. The second-order valence-corrected chi connectivity index (χ2v) is 7.14. The van der Waals surface area contributed by atoms with Crippen molar-refractivity contribution in [3.05, 3.63) is 64.9 Å². The number of amides is 2. The highest BCUT2D eigenvalue weighted by Crippen LogP contribution is 2.32. The highest BCUT2D eigenvalue weighted by atomic mass is 32.1. The Bertz CT molecular complexity index is 989. The van der Waals surface area contributed by atoms with Gasteiger partial charge in [-0.3, -0.25) is 14.6 Å². The minimum atomic E-state index is -0.443. The minimum absolute atomic E-state index is 0.0277. The van der Waals surface area contributed by atoms with Crippen molar-refractivity contribution in [1.82, 2.24) is 14.7 Å². The quantitative estimate of drug-likeness (QED) is 0.660. The summed E-state index contributed by atoms with van der Waals surface area (Å²) in [6.07, 6.45) is 1.61. The maximum Gasteiger partial charge on any atom is 0.265 e. The molecule has 0 unspecified atom stereocenters.